The number of urea groups is 1. The average molecular weight is 456 g/mol. The van der Waals surface area contributed by atoms with Crippen LogP contribution >= 0.6 is 0 Å². The van der Waals surface area contributed by atoms with Crippen LogP contribution in [0.1, 0.15) is 17.7 Å². The molecule has 1 heterocycles. The van der Waals surface area contributed by atoms with Crippen molar-refractivity contribution in [2.45, 2.75) is 19.5 Å². The van der Waals surface area contributed by atoms with E-state index in [1.165, 1.54) is 12.1 Å². The first kappa shape index (κ1) is 24.1. The number of hydrogen-bond acceptors (Lipinski definition) is 4. The van der Waals surface area contributed by atoms with Crippen molar-refractivity contribution in [2.75, 3.05) is 39.8 Å². The number of nitrogens with zero attached hydrogens (tertiary/aromatic N) is 2. The van der Waals surface area contributed by atoms with Crippen LogP contribution in [0.5, 0.6) is 11.5 Å². The number of benzene rings is 2. The molecule has 0 aliphatic carbocycles. The fourth-order valence-electron chi connectivity index (χ4n) is 3.51. The van der Waals surface area contributed by atoms with Crippen molar-refractivity contribution >= 4 is 11.7 Å². The third-order valence-corrected chi connectivity index (χ3v) is 5.18. The quantitative estimate of drug-likeness (QED) is 0.423. The van der Waals surface area contributed by atoms with E-state index in [2.05, 4.69) is 5.32 Å². The first-order valence-electron chi connectivity index (χ1n) is 10.7. The number of halogens is 1. The Morgan fingerprint density at radius 1 is 1.03 bits per heavy atom. The Labute approximate surface area is 193 Å². The van der Waals surface area contributed by atoms with Gasteiger partial charge in [-0.25, -0.2) is 9.18 Å². The number of nitrogens with one attached hydrogen (secondary N) is 1. The summed E-state index contributed by atoms with van der Waals surface area (Å²) < 4.78 is 31.4. The van der Waals surface area contributed by atoms with E-state index >= 15 is 0 Å². The molecule has 0 saturated carbocycles. The molecule has 1 N–H and O–H groups in total. The highest BCUT2D eigenvalue weighted by molar-refractivity contribution is 5.89. The first-order valence-corrected chi connectivity index (χ1v) is 10.7. The highest BCUT2D eigenvalue weighted by atomic mass is 19.1. The number of amides is 2. The van der Waals surface area contributed by atoms with Gasteiger partial charge in [-0.15, -0.1) is 0 Å². The van der Waals surface area contributed by atoms with Gasteiger partial charge < -0.3 is 29.0 Å². The SMILES string of the molecule is COCCCN(Cc1cccn1Cc1cccc(F)c1)C(=O)Nc1cc(OC)cc(OC)c1. The number of ether oxygens (including phenoxy) is 3. The van der Waals surface area contributed by atoms with Crippen molar-refractivity contribution in [3.05, 3.63) is 77.9 Å². The van der Waals surface area contributed by atoms with Crippen LogP contribution in [-0.4, -0.2) is 50.0 Å². The topological polar surface area (TPSA) is 65.0 Å². The fraction of sp³-hybridized carbons (Fsp3) is 0.320. The second-order valence-electron chi connectivity index (χ2n) is 7.56. The minimum Gasteiger partial charge on any atom is -0.497 e. The number of methoxy groups -OCH3 is 3. The van der Waals surface area contributed by atoms with Gasteiger partial charge in [0.2, 0.25) is 0 Å². The number of carbonyl (C=O) groups is 1. The highest BCUT2D eigenvalue weighted by Crippen LogP contribution is 2.26. The fourth-order valence-corrected chi connectivity index (χ4v) is 3.51. The summed E-state index contributed by atoms with van der Waals surface area (Å²) in [6.45, 7) is 1.95. The lowest BCUT2D eigenvalue weighted by molar-refractivity contribution is 0.171. The Kier molecular flexibility index (Phi) is 8.71. The Hall–Kier alpha value is -3.52. The van der Waals surface area contributed by atoms with Crippen molar-refractivity contribution in [1.82, 2.24) is 9.47 Å². The number of rotatable bonds is 11. The minimum absolute atomic E-state index is 0.250. The zero-order valence-electron chi connectivity index (χ0n) is 19.2. The standard InChI is InChI=1S/C25H30FN3O4/c1-31-12-6-11-29(25(30)27-21-14-23(32-2)16-24(15-21)33-3)18-22-9-5-10-28(22)17-19-7-4-8-20(26)13-19/h4-5,7-10,13-16H,6,11-12,17-18H2,1-3H3,(H,27,30). The van der Waals surface area contributed by atoms with E-state index in [9.17, 15) is 9.18 Å². The first-order chi connectivity index (χ1) is 16.0. The zero-order valence-corrected chi connectivity index (χ0v) is 19.2. The third-order valence-electron chi connectivity index (χ3n) is 5.18. The molecule has 176 valence electrons. The highest BCUT2D eigenvalue weighted by Gasteiger charge is 2.17. The largest absolute Gasteiger partial charge is 0.497 e. The van der Waals surface area contributed by atoms with Crippen LogP contribution in [0.25, 0.3) is 0 Å². The number of carbonyl (C=O) groups excluding carboxylic acids is 1. The van der Waals surface area contributed by atoms with Crippen LogP contribution in [0.3, 0.4) is 0 Å². The van der Waals surface area contributed by atoms with Gasteiger partial charge in [0, 0.05) is 62.6 Å². The molecule has 3 rings (SSSR count). The van der Waals surface area contributed by atoms with Gasteiger partial charge in [-0.05, 0) is 36.2 Å². The van der Waals surface area contributed by atoms with Crippen LogP contribution < -0.4 is 14.8 Å². The molecule has 8 heteroatoms. The molecule has 0 saturated heterocycles. The molecule has 33 heavy (non-hydrogen) atoms. The summed E-state index contributed by atoms with van der Waals surface area (Å²) in [7, 11) is 4.76. The maximum atomic E-state index is 13.6. The van der Waals surface area contributed by atoms with Gasteiger partial charge in [0.25, 0.3) is 0 Å². The summed E-state index contributed by atoms with van der Waals surface area (Å²) >= 11 is 0. The van der Waals surface area contributed by atoms with Gasteiger partial charge in [0.15, 0.2) is 0 Å². The van der Waals surface area contributed by atoms with Crippen LogP contribution in [0.4, 0.5) is 14.9 Å². The molecular formula is C25H30FN3O4. The predicted octanol–water partition coefficient (Wildman–Crippen LogP) is 4.76. The molecule has 2 amide bonds. The molecule has 0 spiro atoms. The molecule has 0 radical (unpaired) electrons. The third kappa shape index (κ3) is 6.98. The molecular weight excluding hydrogens is 425 g/mol. The summed E-state index contributed by atoms with van der Waals surface area (Å²) in [6, 6.07) is 15.4. The second kappa shape index (κ2) is 11.9. The number of anilines is 1. The van der Waals surface area contributed by atoms with Crippen LogP contribution in [0.2, 0.25) is 0 Å². The lowest BCUT2D eigenvalue weighted by atomic mass is 10.2. The Morgan fingerprint density at radius 2 is 1.79 bits per heavy atom. The van der Waals surface area contributed by atoms with E-state index < -0.39 is 0 Å². The monoisotopic (exact) mass is 455 g/mol. The molecule has 2 aromatic carbocycles. The Morgan fingerprint density at radius 3 is 2.45 bits per heavy atom. The van der Waals surface area contributed by atoms with Crippen LogP contribution in [-0.2, 0) is 17.8 Å². The van der Waals surface area contributed by atoms with Gasteiger partial charge in [0.1, 0.15) is 17.3 Å². The molecule has 3 aromatic rings. The van der Waals surface area contributed by atoms with Gasteiger partial charge in [-0.1, -0.05) is 12.1 Å². The molecule has 0 fully saturated rings. The lowest BCUT2D eigenvalue weighted by Gasteiger charge is -2.24. The Balaban J connectivity index is 1.76. The van der Waals surface area contributed by atoms with E-state index in [0.717, 1.165) is 11.3 Å². The number of hydrogen-bond donors (Lipinski definition) is 1. The van der Waals surface area contributed by atoms with Crippen LogP contribution in [0, 0.1) is 5.82 Å². The van der Waals surface area contributed by atoms with Gasteiger partial charge >= 0.3 is 6.03 Å². The molecule has 0 bridgehead atoms. The zero-order chi connectivity index (χ0) is 23.6. The summed E-state index contributed by atoms with van der Waals surface area (Å²) in [4.78, 5) is 14.9. The van der Waals surface area contributed by atoms with Gasteiger partial charge in [-0.3, -0.25) is 0 Å². The summed E-state index contributed by atoms with van der Waals surface area (Å²) in [6.07, 6.45) is 2.62. The molecule has 0 aliphatic heterocycles. The molecule has 0 aliphatic rings. The number of aromatic nitrogens is 1. The second-order valence-corrected chi connectivity index (χ2v) is 7.56. The van der Waals surface area contributed by atoms with E-state index in [0.29, 0.717) is 49.8 Å². The van der Waals surface area contributed by atoms with Crippen molar-refractivity contribution < 1.29 is 23.4 Å². The van der Waals surface area contributed by atoms with Crippen LogP contribution in [0.15, 0.2) is 60.8 Å². The maximum absolute atomic E-state index is 13.6. The van der Waals surface area contributed by atoms with Gasteiger partial charge in [-0.2, -0.15) is 0 Å². The Bertz CT molecular complexity index is 1030. The van der Waals surface area contributed by atoms with E-state index in [1.54, 1.807) is 50.5 Å². The van der Waals surface area contributed by atoms with E-state index in [1.807, 2.05) is 29.0 Å². The minimum atomic E-state index is -0.268. The van der Waals surface area contributed by atoms with Crippen molar-refractivity contribution in [3.63, 3.8) is 0 Å². The van der Waals surface area contributed by atoms with Crippen molar-refractivity contribution in [1.29, 1.82) is 0 Å². The normalized spacial score (nSPS) is 10.7. The molecule has 7 nitrogen and oxygen atoms in total. The van der Waals surface area contributed by atoms with E-state index in [-0.39, 0.29) is 11.8 Å². The molecule has 0 atom stereocenters. The van der Waals surface area contributed by atoms with Crippen molar-refractivity contribution in [2.24, 2.45) is 0 Å². The van der Waals surface area contributed by atoms with Crippen molar-refractivity contribution in [3.8, 4) is 11.5 Å². The molecule has 0 unspecified atom stereocenters. The smallest absolute Gasteiger partial charge is 0.322 e. The molecule has 1 aromatic heterocycles. The average Bonchev–Trinajstić information content (AvgIpc) is 3.24. The predicted molar refractivity (Wildman–Crippen MR) is 125 cm³/mol. The summed E-state index contributed by atoms with van der Waals surface area (Å²) in [5.74, 6) is 0.898. The summed E-state index contributed by atoms with van der Waals surface area (Å²) in [5, 5.41) is 2.93. The van der Waals surface area contributed by atoms with Gasteiger partial charge in [0.05, 0.1) is 20.8 Å². The summed E-state index contributed by atoms with van der Waals surface area (Å²) in [5.41, 5.74) is 2.37. The maximum Gasteiger partial charge on any atom is 0.322 e. The lowest BCUT2D eigenvalue weighted by Crippen LogP contribution is -2.36. The van der Waals surface area contributed by atoms with E-state index in [4.69, 9.17) is 14.2 Å².